The average Bonchev–Trinajstić information content (AvgIpc) is 2.45. The van der Waals surface area contributed by atoms with Crippen molar-refractivity contribution in [3.05, 3.63) is 0 Å². The lowest BCUT2D eigenvalue weighted by molar-refractivity contribution is -0.148. The molecule has 7 heteroatoms. The molecule has 2 heterocycles. The lowest BCUT2D eigenvalue weighted by Crippen LogP contribution is -2.57. The van der Waals surface area contributed by atoms with Crippen LogP contribution in [-0.4, -0.2) is 71.5 Å². The fraction of sp³-hybridized carbons (Fsp3) is 0.769. The molecule has 2 aliphatic heterocycles. The minimum Gasteiger partial charge on any atom is -0.481 e. The smallest absolute Gasteiger partial charge is 0.303 e. The number of piperazine rings is 1. The summed E-state index contributed by atoms with van der Waals surface area (Å²) in [7, 11) is 0. The van der Waals surface area contributed by atoms with Crippen LogP contribution in [0.1, 0.15) is 25.7 Å². The molecule has 2 fully saturated rings. The van der Waals surface area contributed by atoms with Crippen LogP contribution in [0.4, 0.5) is 0 Å². The van der Waals surface area contributed by atoms with Gasteiger partial charge in [-0.25, -0.2) is 0 Å². The highest BCUT2D eigenvalue weighted by atomic mass is 16.4. The molecule has 2 amide bonds. The predicted molar refractivity (Wildman–Crippen MR) is 71.1 cm³/mol. The van der Waals surface area contributed by atoms with Crippen molar-refractivity contribution in [2.45, 2.75) is 31.7 Å². The summed E-state index contributed by atoms with van der Waals surface area (Å²) in [6, 6.07) is 0.278. The summed E-state index contributed by atoms with van der Waals surface area (Å²) in [5.41, 5.74) is 0. The monoisotopic (exact) mass is 283 g/mol. The van der Waals surface area contributed by atoms with Crippen LogP contribution in [-0.2, 0) is 14.4 Å². The predicted octanol–water partition coefficient (Wildman–Crippen LogP) is -0.726. The van der Waals surface area contributed by atoms with E-state index in [2.05, 4.69) is 5.32 Å². The number of carboxylic acids is 1. The molecule has 0 saturated carbocycles. The number of piperidine rings is 1. The van der Waals surface area contributed by atoms with Crippen LogP contribution in [0.25, 0.3) is 0 Å². The summed E-state index contributed by atoms with van der Waals surface area (Å²) >= 11 is 0. The number of rotatable bonds is 4. The quantitative estimate of drug-likeness (QED) is 0.710. The van der Waals surface area contributed by atoms with Gasteiger partial charge in [0, 0.05) is 25.6 Å². The number of nitrogens with zero attached hydrogens (tertiary/aromatic N) is 2. The molecule has 2 rings (SSSR count). The topological polar surface area (TPSA) is 89.9 Å². The van der Waals surface area contributed by atoms with Gasteiger partial charge in [-0.2, -0.15) is 0 Å². The van der Waals surface area contributed by atoms with Crippen LogP contribution in [0.2, 0.25) is 0 Å². The number of carbonyl (C=O) groups excluding carboxylic acids is 2. The van der Waals surface area contributed by atoms with Gasteiger partial charge in [0.1, 0.15) is 0 Å². The molecule has 0 radical (unpaired) electrons. The molecule has 2 aliphatic rings. The van der Waals surface area contributed by atoms with E-state index in [4.69, 9.17) is 5.11 Å². The second-order valence-corrected chi connectivity index (χ2v) is 5.28. The number of carboxylic acid groups (broad SMARTS) is 1. The normalized spacial score (nSPS) is 21.1. The van der Waals surface area contributed by atoms with Gasteiger partial charge in [-0.1, -0.05) is 0 Å². The Balaban J connectivity index is 1.83. The van der Waals surface area contributed by atoms with Gasteiger partial charge in [0.05, 0.1) is 13.0 Å². The van der Waals surface area contributed by atoms with Crippen molar-refractivity contribution in [1.82, 2.24) is 15.1 Å². The minimum absolute atomic E-state index is 0.0215. The Morgan fingerprint density at radius 2 is 1.90 bits per heavy atom. The Hall–Kier alpha value is -1.63. The minimum atomic E-state index is -0.988. The molecule has 112 valence electrons. The van der Waals surface area contributed by atoms with E-state index in [0.29, 0.717) is 13.1 Å². The molecule has 7 nitrogen and oxygen atoms in total. The maximum absolute atomic E-state index is 12.1. The van der Waals surface area contributed by atoms with Crippen molar-refractivity contribution < 1.29 is 19.5 Å². The Bertz CT molecular complexity index is 393. The zero-order valence-corrected chi connectivity index (χ0v) is 11.5. The summed E-state index contributed by atoms with van der Waals surface area (Å²) in [6.07, 6.45) is 1.70. The molecule has 0 bridgehead atoms. The highest BCUT2D eigenvalue weighted by Gasteiger charge is 2.31. The SMILES string of the molecule is O=C(O)CCC(=O)N1CCN(C2CCNCC2)C(=O)C1. The van der Waals surface area contributed by atoms with E-state index in [1.165, 1.54) is 4.90 Å². The summed E-state index contributed by atoms with van der Waals surface area (Å²) in [5, 5.41) is 11.8. The molecule has 0 aromatic heterocycles. The van der Waals surface area contributed by atoms with Crippen molar-refractivity contribution >= 4 is 17.8 Å². The molecule has 0 aromatic rings. The fourth-order valence-corrected chi connectivity index (χ4v) is 2.78. The molecule has 0 aliphatic carbocycles. The molecule has 0 spiro atoms. The van der Waals surface area contributed by atoms with Gasteiger partial charge in [0.2, 0.25) is 11.8 Å². The number of hydrogen-bond acceptors (Lipinski definition) is 4. The molecule has 2 saturated heterocycles. The maximum Gasteiger partial charge on any atom is 0.303 e. The van der Waals surface area contributed by atoms with E-state index >= 15 is 0 Å². The van der Waals surface area contributed by atoms with Crippen molar-refractivity contribution in [1.29, 1.82) is 0 Å². The van der Waals surface area contributed by atoms with Crippen molar-refractivity contribution in [3.63, 3.8) is 0 Å². The van der Waals surface area contributed by atoms with E-state index in [1.807, 2.05) is 4.90 Å². The summed E-state index contributed by atoms with van der Waals surface area (Å²) in [4.78, 5) is 37.8. The largest absolute Gasteiger partial charge is 0.481 e. The molecule has 20 heavy (non-hydrogen) atoms. The van der Waals surface area contributed by atoms with Gasteiger partial charge < -0.3 is 20.2 Å². The van der Waals surface area contributed by atoms with Gasteiger partial charge >= 0.3 is 5.97 Å². The number of amides is 2. The van der Waals surface area contributed by atoms with Crippen LogP contribution >= 0.6 is 0 Å². The first kappa shape index (κ1) is 14.8. The molecular formula is C13H21N3O4. The standard InChI is InChI=1S/C13H21N3O4/c17-11(1-2-13(19)20)15-7-8-16(12(18)9-15)10-3-5-14-6-4-10/h10,14H,1-9H2,(H,19,20). The van der Waals surface area contributed by atoms with Crippen LogP contribution in [0.3, 0.4) is 0 Å². The average molecular weight is 283 g/mol. The second-order valence-electron chi connectivity index (χ2n) is 5.28. The van der Waals surface area contributed by atoms with E-state index in [1.54, 1.807) is 0 Å². The zero-order valence-electron chi connectivity index (χ0n) is 11.5. The van der Waals surface area contributed by atoms with E-state index < -0.39 is 5.97 Å². The number of nitrogens with one attached hydrogen (secondary N) is 1. The Morgan fingerprint density at radius 1 is 1.20 bits per heavy atom. The van der Waals surface area contributed by atoms with E-state index in [9.17, 15) is 14.4 Å². The maximum atomic E-state index is 12.1. The van der Waals surface area contributed by atoms with Crippen molar-refractivity contribution in [2.24, 2.45) is 0 Å². The van der Waals surface area contributed by atoms with Crippen LogP contribution in [0, 0.1) is 0 Å². The number of aliphatic carboxylic acids is 1. The van der Waals surface area contributed by atoms with E-state index in [0.717, 1.165) is 25.9 Å². The van der Waals surface area contributed by atoms with Crippen LogP contribution in [0.15, 0.2) is 0 Å². The van der Waals surface area contributed by atoms with Gasteiger partial charge in [0.25, 0.3) is 0 Å². The third-order valence-electron chi connectivity index (χ3n) is 3.91. The highest BCUT2D eigenvalue weighted by molar-refractivity contribution is 5.87. The van der Waals surface area contributed by atoms with Gasteiger partial charge in [0.15, 0.2) is 0 Å². The Morgan fingerprint density at radius 3 is 2.50 bits per heavy atom. The number of carbonyl (C=O) groups is 3. The number of hydrogen-bond donors (Lipinski definition) is 2. The Labute approximate surface area is 117 Å². The fourth-order valence-electron chi connectivity index (χ4n) is 2.78. The van der Waals surface area contributed by atoms with Crippen molar-refractivity contribution in [3.8, 4) is 0 Å². The highest BCUT2D eigenvalue weighted by Crippen LogP contribution is 2.16. The summed E-state index contributed by atoms with van der Waals surface area (Å²) in [6.45, 7) is 3.00. The second kappa shape index (κ2) is 6.69. The zero-order chi connectivity index (χ0) is 14.5. The summed E-state index contributed by atoms with van der Waals surface area (Å²) < 4.78 is 0. The van der Waals surface area contributed by atoms with Crippen molar-refractivity contribution in [2.75, 3.05) is 32.7 Å². The van der Waals surface area contributed by atoms with Crippen LogP contribution in [0.5, 0.6) is 0 Å². The molecular weight excluding hydrogens is 262 g/mol. The van der Waals surface area contributed by atoms with E-state index in [-0.39, 0.29) is 37.2 Å². The van der Waals surface area contributed by atoms with Gasteiger partial charge in [-0.3, -0.25) is 14.4 Å². The first-order chi connectivity index (χ1) is 9.58. The van der Waals surface area contributed by atoms with Gasteiger partial charge in [-0.05, 0) is 25.9 Å². The third-order valence-corrected chi connectivity index (χ3v) is 3.91. The molecule has 0 unspecified atom stereocenters. The van der Waals surface area contributed by atoms with Crippen LogP contribution < -0.4 is 5.32 Å². The third kappa shape index (κ3) is 3.69. The molecule has 0 atom stereocenters. The first-order valence-corrected chi connectivity index (χ1v) is 7.07. The lowest BCUT2D eigenvalue weighted by Gasteiger charge is -2.40. The molecule has 0 aromatic carbocycles. The Kier molecular flexibility index (Phi) is 4.94. The summed E-state index contributed by atoms with van der Waals surface area (Å²) in [5.74, 6) is -1.25. The first-order valence-electron chi connectivity index (χ1n) is 7.07. The molecule has 2 N–H and O–H groups in total. The lowest BCUT2D eigenvalue weighted by atomic mass is 10.0. The van der Waals surface area contributed by atoms with Gasteiger partial charge in [-0.15, -0.1) is 0 Å².